The lowest BCUT2D eigenvalue weighted by molar-refractivity contribution is -0.384. The Hall–Kier alpha value is -4.97. The van der Waals surface area contributed by atoms with Crippen molar-refractivity contribution in [3.8, 4) is 23.0 Å². The molecule has 0 aliphatic rings. The van der Waals surface area contributed by atoms with E-state index in [1.165, 1.54) is 24.3 Å². The molecule has 202 valence electrons. The van der Waals surface area contributed by atoms with Gasteiger partial charge in [-0.05, 0) is 57.2 Å². The molecule has 0 aliphatic heterocycles. The Labute approximate surface area is 232 Å². The summed E-state index contributed by atoms with van der Waals surface area (Å²) in [5, 5.41) is 20.9. The molecule has 0 spiro atoms. The number of halogens is 1. The number of aryl methyl sites for hydroxylation is 1. The van der Waals surface area contributed by atoms with E-state index in [1.807, 2.05) is 12.1 Å². The Morgan fingerprint density at radius 2 is 1.90 bits per heavy atom. The van der Waals surface area contributed by atoms with Crippen molar-refractivity contribution in [2.45, 2.75) is 33.5 Å². The van der Waals surface area contributed by atoms with Crippen LogP contribution in [0.4, 0.5) is 5.69 Å². The number of nitro benzene ring substituents is 1. The van der Waals surface area contributed by atoms with Gasteiger partial charge in [-0.25, -0.2) is 9.48 Å². The number of rotatable bonds is 8. The molecule has 0 atom stereocenters. The number of non-ortho nitro benzene ring substituents is 1. The van der Waals surface area contributed by atoms with E-state index in [0.717, 1.165) is 16.6 Å². The van der Waals surface area contributed by atoms with Crippen molar-refractivity contribution in [3.05, 3.63) is 93.0 Å². The lowest BCUT2D eigenvalue weighted by atomic mass is 10.0. The topological polar surface area (TPSA) is 148 Å². The van der Waals surface area contributed by atoms with Gasteiger partial charge in [0, 0.05) is 34.3 Å². The van der Waals surface area contributed by atoms with E-state index in [1.54, 1.807) is 50.0 Å². The Morgan fingerprint density at radius 1 is 1.12 bits per heavy atom. The van der Waals surface area contributed by atoms with E-state index < -0.39 is 10.9 Å². The largest absolute Gasteiger partial charge is 0.459 e. The van der Waals surface area contributed by atoms with Gasteiger partial charge in [0.25, 0.3) is 5.69 Å². The molecule has 40 heavy (non-hydrogen) atoms. The lowest BCUT2D eigenvalue weighted by Crippen LogP contribution is -2.16. The Morgan fingerprint density at radius 3 is 2.62 bits per heavy atom. The zero-order chi connectivity index (χ0) is 28.4. The minimum Gasteiger partial charge on any atom is -0.459 e. The third-order valence-electron chi connectivity index (χ3n) is 5.79. The number of pyridine rings is 1. The first-order valence-electron chi connectivity index (χ1n) is 12.1. The molecule has 0 aliphatic carbocycles. The minimum atomic E-state index is -0.610. The van der Waals surface area contributed by atoms with E-state index >= 15 is 0 Å². The molecule has 0 bridgehead atoms. The number of aromatic nitrogens is 6. The molecule has 3 heterocycles. The number of nitro groups is 1. The van der Waals surface area contributed by atoms with Crippen LogP contribution in [-0.2, 0) is 11.3 Å². The van der Waals surface area contributed by atoms with Crippen LogP contribution >= 0.6 is 11.6 Å². The van der Waals surface area contributed by atoms with Gasteiger partial charge in [-0.1, -0.05) is 16.8 Å². The smallest absolute Gasteiger partial charge is 0.342 e. The Kier molecular flexibility index (Phi) is 7.34. The van der Waals surface area contributed by atoms with Crippen LogP contribution in [0.1, 0.15) is 35.6 Å². The number of carbonyl (C=O) groups is 1. The van der Waals surface area contributed by atoms with E-state index in [0.29, 0.717) is 22.0 Å². The maximum atomic E-state index is 12.9. The number of nitrogens with zero attached hydrogens (tertiary/aromatic N) is 7. The Bertz CT molecular complexity index is 1740. The summed E-state index contributed by atoms with van der Waals surface area (Å²) < 4.78 is 12.8. The van der Waals surface area contributed by atoms with Crippen molar-refractivity contribution in [2.24, 2.45) is 0 Å². The van der Waals surface area contributed by atoms with E-state index in [9.17, 15) is 14.9 Å². The monoisotopic (exact) mass is 559 g/mol. The van der Waals surface area contributed by atoms with Crippen LogP contribution in [-0.4, -0.2) is 46.9 Å². The molecule has 0 fully saturated rings. The van der Waals surface area contributed by atoms with Gasteiger partial charge in [0.2, 0.25) is 0 Å². The molecule has 12 nitrogen and oxygen atoms in total. The van der Waals surface area contributed by atoms with Gasteiger partial charge in [0.15, 0.2) is 0 Å². The van der Waals surface area contributed by atoms with Crippen molar-refractivity contribution in [2.75, 3.05) is 0 Å². The van der Waals surface area contributed by atoms with Crippen LogP contribution in [0, 0.1) is 17.0 Å². The SMILES string of the molecule is Cc1nc(OCc2cn(-c3ccnc4cc(Cl)ccc34)nn2)nc(-c2ccc([N+](=O)[O-])cc2)c1C(=O)OC(C)C. The fourth-order valence-electron chi connectivity index (χ4n) is 4.01. The molecule has 13 heteroatoms. The molecule has 0 radical (unpaired) electrons. The highest BCUT2D eigenvalue weighted by atomic mass is 35.5. The van der Waals surface area contributed by atoms with Gasteiger partial charge in [-0.2, -0.15) is 9.97 Å². The number of benzene rings is 2. The molecular weight excluding hydrogens is 538 g/mol. The average molecular weight is 560 g/mol. The van der Waals surface area contributed by atoms with Crippen molar-refractivity contribution in [1.29, 1.82) is 0 Å². The predicted octanol–water partition coefficient (Wildman–Crippen LogP) is 5.29. The number of hydrogen-bond donors (Lipinski definition) is 0. The molecule has 0 N–H and O–H groups in total. The van der Waals surface area contributed by atoms with E-state index in [2.05, 4.69) is 25.3 Å². The van der Waals surface area contributed by atoms with Gasteiger partial charge in [0.1, 0.15) is 17.9 Å². The van der Waals surface area contributed by atoms with E-state index in [-0.39, 0.29) is 35.7 Å². The van der Waals surface area contributed by atoms with E-state index in [4.69, 9.17) is 21.1 Å². The fraction of sp³-hybridized carbons (Fsp3) is 0.185. The molecule has 0 unspecified atom stereocenters. The number of carbonyl (C=O) groups excluding carboxylic acids is 1. The molecule has 5 rings (SSSR count). The standard InChI is InChI=1S/C27H22ClN7O5/c1-15(2)40-26(36)24-16(3)30-27(31-25(24)17-4-7-20(8-5-17)35(37)38)39-14-19-13-34(33-32-19)23-10-11-29-22-12-18(28)6-9-21(22)23/h4-13,15H,14H2,1-3H3. The highest BCUT2D eigenvalue weighted by Crippen LogP contribution is 2.29. The first-order valence-corrected chi connectivity index (χ1v) is 12.5. The summed E-state index contributed by atoms with van der Waals surface area (Å²) in [5.41, 5.74) is 3.06. The quantitative estimate of drug-likeness (QED) is 0.139. The molecule has 0 saturated heterocycles. The summed E-state index contributed by atoms with van der Waals surface area (Å²) in [7, 11) is 0. The third-order valence-corrected chi connectivity index (χ3v) is 6.02. The summed E-state index contributed by atoms with van der Waals surface area (Å²) in [4.78, 5) is 36.7. The highest BCUT2D eigenvalue weighted by Gasteiger charge is 2.23. The summed E-state index contributed by atoms with van der Waals surface area (Å²) >= 11 is 6.09. The summed E-state index contributed by atoms with van der Waals surface area (Å²) in [6.45, 7) is 5.09. The van der Waals surface area contributed by atoms with Crippen LogP contribution in [0.25, 0.3) is 27.8 Å². The second-order valence-electron chi connectivity index (χ2n) is 9.01. The fourth-order valence-corrected chi connectivity index (χ4v) is 4.17. The van der Waals surface area contributed by atoms with Crippen LogP contribution in [0.3, 0.4) is 0 Å². The lowest BCUT2D eigenvalue weighted by Gasteiger charge is -2.14. The first-order chi connectivity index (χ1) is 19.2. The van der Waals surface area contributed by atoms with Crippen LogP contribution < -0.4 is 4.74 Å². The van der Waals surface area contributed by atoms with Gasteiger partial charge in [-0.3, -0.25) is 15.1 Å². The van der Waals surface area contributed by atoms with Crippen molar-refractivity contribution in [1.82, 2.24) is 29.9 Å². The van der Waals surface area contributed by atoms with Gasteiger partial charge < -0.3 is 9.47 Å². The molecule has 0 saturated carbocycles. The molecule has 0 amide bonds. The second-order valence-corrected chi connectivity index (χ2v) is 9.44. The Balaban J connectivity index is 1.44. The van der Waals surface area contributed by atoms with Crippen molar-refractivity contribution in [3.63, 3.8) is 0 Å². The maximum absolute atomic E-state index is 12.9. The zero-order valence-corrected chi connectivity index (χ0v) is 22.4. The summed E-state index contributed by atoms with van der Waals surface area (Å²) in [6, 6.07) is 12.9. The number of esters is 1. The number of ether oxygens (including phenoxy) is 2. The van der Waals surface area contributed by atoms with Crippen molar-refractivity contribution < 1.29 is 19.2 Å². The normalized spacial score (nSPS) is 11.1. The molecular formula is C27H22ClN7O5. The molecule has 3 aromatic heterocycles. The second kappa shape index (κ2) is 11.0. The summed E-state index contributed by atoms with van der Waals surface area (Å²) in [6.07, 6.45) is 3.00. The van der Waals surface area contributed by atoms with Crippen molar-refractivity contribution >= 4 is 34.2 Å². The minimum absolute atomic E-state index is 0.00879. The number of fused-ring (bicyclic) bond motifs is 1. The van der Waals surface area contributed by atoms with Crippen LogP contribution in [0.5, 0.6) is 6.01 Å². The first kappa shape index (κ1) is 26.6. The van der Waals surface area contributed by atoms with Gasteiger partial charge in [-0.15, -0.1) is 5.10 Å². The summed E-state index contributed by atoms with van der Waals surface area (Å²) in [5.74, 6) is -0.610. The van der Waals surface area contributed by atoms with Gasteiger partial charge >= 0.3 is 12.0 Å². The zero-order valence-electron chi connectivity index (χ0n) is 21.6. The van der Waals surface area contributed by atoms with Crippen LogP contribution in [0.2, 0.25) is 5.02 Å². The molecule has 2 aromatic carbocycles. The predicted molar refractivity (Wildman–Crippen MR) is 145 cm³/mol. The average Bonchev–Trinajstić information content (AvgIpc) is 3.39. The van der Waals surface area contributed by atoms with Crippen LogP contribution in [0.15, 0.2) is 60.9 Å². The number of hydrogen-bond acceptors (Lipinski definition) is 10. The molecule has 5 aromatic rings. The van der Waals surface area contributed by atoms with Gasteiger partial charge in [0.05, 0.1) is 39.8 Å². The third kappa shape index (κ3) is 5.57. The maximum Gasteiger partial charge on any atom is 0.342 e. The highest BCUT2D eigenvalue weighted by molar-refractivity contribution is 6.31.